The lowest BCUT2D eigenvalue weighted by Gasteiger charge is -2.39. The van der Waals surface area contributed by atoms with E-state index in [1.807, 2.05) is 61.0 Å². The van der Waals surface area contributed by atoms with Crippen LogP contribution in [0.25, 0.3) is 17.1 Å². The van der Waals surface area contributed by atoms with Crippen molar-refractivity contribution in [2.24, 2.45) is 12.5 Å². The zero-order valence-electron chi connectivity index (χ0n) is 22.6. The van der Waals surface area contributed by atoms with Gasteiger partial charge >= 0.3 is 0 Å². The van der Waals surface area contributed by atoms with Crippen molar-refractivity contribution in [3.8, 4) is 11.5 Å². The lowest BCUT2D eigenvalue weighted by Crippen LogP contribution is -2.44. The number of rotatable bonds is 6. The lowest BCUT2D eigenvalue weighted by molar-refractivity contribution is -0.128. The van der Waals surface area contributed by atoms with Crippen molar-refractivity contribution >= 4 is 28.9 Å². The van der Waals surface area contributed by atoms with Crippen molar-refractivity contribution in [3.63, 3.8) is 0 Å². The van der Waals surface area contributed by atoms with Crippen molar-refractivity contribution in [2.75, 3.05) is 39.9 Å². The fourth-order valence-electron chi connectivity index (χ4n) is 5.80. The summed E-state index contributed by atoms with van der Waals surface area (Å²) in [6, 6.07) is 7.72. The van der Waals surface area contributed by atoms with Gasteiger partial charge in [0.1, 0.15) is 17.1 Å². The minimum absolute atomic E-state index is 0.00744. The number of hydrogen-bond donors (Lipinski definition) is 0. The number of likely N-dealkylation sites (tertiary alicyclic amines) is 2. The van der Waals surface area contributed by atoms with E-state index in [4.69, 9.17) is 9.47 Å². The molecule has 1 spiro atoms. The number of piperidine rings is 1. The van der Waals surface area contributed by atoms with Crippen molar-refractivity contribution in [2.45, 2.75) is 33.1 Å². The van der Waals surface area contributed by atoms with Crippen LogP contribution >= 0.6 is 0 Å². The van der Waals surface area contributed by atoms with E-state index in [0.717, 1.165) is 41.7 Å². The van der Waals surface area contributed by atoms with Gasteiger partial charge < -0.3 is 19.3 Å². The van der Waals surface area contributed by atoms with E-state index in [1.165, 1.54) is 0 Å². The van der Waals surface area contributed by atoms with Crippen molar-refractivity contribution < 1.29 is 19.1 Å². The molecule has 4 heterocycles. The first-order chi connectivity index (χ1) is 18.4. The minimum Gasteiger partial charge on any atom is -0.495 e. The molecule has 0 radical (unpaired) electrons. The predicted octanol–water partition coefficient (Wildman–Crippen LogP) is 3.85. The molecule has 2 amide bonds. The minimum atomic E-state index is -0.0641. The molecule has 5 rings (SSSR count). The van der Waals surface area contributed by atoms with Crippen LogP contribution in [0.4, 0.5) is 0 Å². The number of carbonyl (C=O) groups is 2. The first-order valence-electron chi connectivity index (χ1n) is 13.2. The number of methoxy groups -OCH3 is 1. The maximum absolute atomic E-state index is 13.6. The molecule has 2 fully saturated rings. The Kier molecular flexibility index (Phi) is 7.10. The average molecular weight is 518 g/mol. The third kappa shape index (κ3) is 4.73. The summed E-state index contributed by atoms with van der Waals surface area (Å²) < 4.78 is 13.0. The van der Waals surface area contributed by atoms with Crippen LogP contribution in [0.2, 0.25) is 0 Å². The number of ether oxygens (including phenoxy) is 2. The molecule has 9 heteroatoms. The maximum Gasteiger partial charge on any atom is 0.259 e. The van der Waals surface area contributed by atoms with Crippen LogP contribution in [0, 0.1) is 12.3 Å². The number of pyridine rings is 1. The van der Waals surface area contributed by atoms with Gasteiger partial charge in [0.25, 0.3) is 5.91 Å². The summed E-state index contributed by atoms with van der Waals surface area (Å²) in [6.07, 6.45) is 7.76. The Balaban J connectivity index is 1.23. The standard InChI is InChI=1S/C29H35N5O4/c1-5-38-23-9-7-6-8-21(23)10-11-24(35)33-15-12-29(13-16-33)14-17-34(19-29)28(36)22-18-30-27-25(26(22)37-4)20(2)31-32(27)3/h6-11,18H,5,12-17,19H2,1-4H3. The lowest BCUT2D eigenvalue weighted by atomic mass is 9.77. The SMILES string of the molecule is CCOc1ccccc1C=CC(=O)N1CCC2(CC1)CCN(C(=O)c1cnc3c(c(C)nn3C)c1OC)C2. The van der Waals surface area contributed by atoms with E-state index < -0.39 is 0 Å². The fourth-order valence-corrected chi connectivity index (χ4v) is 5.80. The topological polar surface area (TPSA) is 89.8 Å². The molecule has 0 unspecified atom stereocenters. The van der Waals surface area contributed by atoms with Crippen LogP contribution in [0.1, 0.15) is 47.8 Å². The molecule has 2 aliphatic heterocycles. The number of benzene rings is 1. The van der Waals surface area contributed by atoms with Crippen molar-refractivity contribution in [3.05, 3.63) is 53.4 Å². The van der Waals surface area contributed by atoms with Crippen molar-refractivity contribution in [1.82, 2.24) is 24.6 Å². The summed E-state index contributed by atoms with van der Waals surface area (Å²) in [5.74, 6) is 1.25. The number of hydrogen-bond acceptors (Lipinski definition) is 6. The molecule has 1 aromatic carbocycles. The number of aryl methyl sites for hydroxylation is 2. The molecule has 3 aromatic rings. The monoisotopic (exact) mass is 517 g/mol. The molecule has 2 aromatic heterocycles. The van der Waals surface area contributed by atoms with Crippen LogP contribution in [-0.2, 0) is 11.8 Å². The van der Waals surface area contributed by atoms with E-state index >= 15 is 0 Å². The van der Waals surface area contributed by atoms with Gasteiger partial charge in [0, 0.05) is 51.1 Å². The van der Waals surface area contributed by atoms with Crippen LogP contribution in [-0.4, -0.2) is 76.3 Å². The second-order valence-corrected chi connectivity index (χ2v) is 10.2. The number of nitrogens with zero attached hydrogens (tertiary/aromatic N) is 5. The van der Waals surface area contributed by atoms with E-state index in [2.05, 4.69) is 10.1 Å². The Hall–Kier alpha value is -3.88. The van der Waals surface area contributed by atoms with Crippen molar-refractivity contribution in [1.29, 1.82) is 0 Å². The van der Waals surface area contributed by atoms with Gasteiger partial charge in [-0.05, 0) is 50.7 Å². The highest BCUT2D eigenvalue weighted by molar-refractivity contribution is 6.02. The molecule has 0 N–H and O–H groups in total. The molecular formula is C29H35N5O4. The van der Waals surface area contributed by atoms with Crippen LogP contribution in [0.5, 0.6) is 11.5 Å². The first-order valence-corrected chi connectivity index (χ1v) is 13.2. The highest BCUT2D eigenvalue weighted by atomic mass is 16.5. The van der Waals surface area contributed by atoms with Gasteiger partial charge in [-0.2, -0.15) is 5.10 Å². The number of fused-ring (bicyclic) bond motifs is 1. The fraction of sp³-hybridized carbons (Fsp3) is 0.448. The molecule has 0 aliphatic carbocycles. The Bertz CT molecular complexity index is 1390. The average Bonchev–Trinajstić information content (AvgIpc) is 3.47. The van der Waals surface area contributed by atoms with Gasteiger partial charge in [0.15, 0.2) is 5.65 Å². The molecule has 2 saturated heterocycles. The van der Waals surface area contributed by atoms with Gasteiger partial charge in [-0.25, -0.2) is 4.98 Å². The summed E-state index contributed by atoms with van der Waals surface area (Å²) in [4.78, 5) is 34.8. The zero-order chi connectivity index (χ0) is 26.9. The summed E-state index contributed by atoms with van der Waals surface area (Å²) in [6.45, 7) is 7.16. The summed E-state index contributed by atoms with van der Waals surface area (Å²) in [7, 11) is 3.42. The summed E-state index contributed by atoms with van der Waals surface area (Å²) >= 11 is 0. The molecule has 9 nitrogen and oxygen atoms in total. The number of para-hydroxylation sites is 1. The van der Waals surface area contributed by atoms with Crippen LogP contribution < -0.4 is 9.47 Å². The molecule has 0 atom stereocenters. The third-order valence-electron chi connectivity index (χ3n) is 7.90. The van der Waals surface area contributed by atoms with E-state index in [1.54, 1.807) is 24.1 Å². The Morgan fingerprint density at radius 2 is 1.82 bits per heavy atom. The molecule has 2 aliphatic rings. The summed E-state index contributed by atoms with van der Waals surface area (Å²) in [5, 5.41) is 5.21. The molecule has 0 saturated carbocycles. The zero-order valence-corrected chi connectivity index (χ0v) is 22.6. The number of aromatic nitrogens is 3. The van der Waals surface area contributed by atoms with E-state index in [9.17, 15) is 9.59 Å². The second-order valence-electron chi connectivity index (χ2n) is 10.2. The van der Waals surface area contributed by atoms with Gasteiger partial charge in [-0.15, -0.1) is 0 Å². The van der Waals surface area contributed by atoms with Crippen LogP contribution in [0.15, 0.2) is 36.5 Å². The van der Waals surface area contributed by atoms with Crippen LogP contribution in [0.3, 0.4) is 0 Å². The maximum atomic E-state index is 13.6. The van der Waals surface area contributed by atoms with E-state index in [-0.39, 0.29) is 17.2 Å². The van der Waals surface area contributed by atoms with Gasteiger partial charge in [-0.1, -0.05) is 18.2 Å². The van der Waals surface area contributed by atoms with E-state index in [0.29, 0.717) is 49.7 Å². The predicted molar refractivity (Wildman–Crippen MR) is 145 cm³/mol. The Labute approximate surface area is 223 Å². The molecule has 0 bridgehead atoms. The molecule has 200 valence electrons. The molecule has 38 heavy (non-hydrogen) atoms. The number of amides is 2. The Morgan fingerprint density at radius 3 is 2.53 bits per heavy atom. The smallest absolute Gasteiger partial charge is 0.259 e. The summed E-state index contributed by atoms with van der Waals surface area (Å²) in [5.41, 5.74) is 2.88. The van der Waals surface area contributed by atoms with Gasteiger partial charge in [0.05, 0.1) is 24.8 Å². The first kappa shape index (κ1) is 25.8. The highest BCUT2D eigenvalue weighted by Crippen LogP contribution is 2.42. The van der Waals surface area contributed by atoms with Gasteiger partial charge in [0.2, 0.25) is 5.91 Å². The third-order valence-corrected chi connectivity index (χ3v) is 7.90. The highest BCUT2D eigenvalue weighted by Gasteiger charge is 2.43. The largest absolute Gasteiger partial charge is 0.495 e. The quantitative estimate of drug-likeness (QED) is 0.462. The Morgan fingerprint density at radius 1 is 1.11 bits per heavy atom. The van der Waals surface area contributed by atoms with Gasteiger partial charge in [-0.3, -0.25) is 14.3 Å². The number of carbonyl (C=O) groups excluding carboxylic acids is 2. The molecular weight excluding hydrogens is 482 g/mol. The normalized spacial score (nSPS) is 17.1. The second kappa shape index (κ2) is 10.5.